The third-order valence-electron chi connectivity index (χ3n) is 4.43. The first kappa shape index (κ1) is 13.1. The zero-order chi connectivity index (χ0) is 13.1. The van der Waals surface area contributed by atoms with Gasteiger partial charge in [-0.05, 0) is 37.1 Å². The van der Waals surface area contributed by atoms with Crippen molar-refractivity contribution in [1.82, 2.24) is 15.1 Å². The molecule has 0 aromatic heterocycles. The smallest absolute Gasteiger partial charge is 0.0234 e. The van der Waals surface area contributed by atoms with Gasteiger partial charge in [-0.25, -0.2) is 0 Å². The summed E-state index contributed by atoms with van der Waals surface area (Å²) in [4.78, 5) is 4.99. The summed E-state index contributed by atoms with van der Waals surface area (Å²) in [5.74, 6) is 0.743. The highest BCUT2D eigenvalue weighted by Gasteiger charge is 2.21. The van der Waals surface area contributed by atoms with Crippen LogP contribution in [0, 0.1) is 0 Å². The fraction of sp³-hybridized carbons (Fsp3) is 0.625. The molecule has 0 spiro atoms. The average Bonchev–Trinajstić information content (AvgIpc) is 2.87. The van der Waals surface area contributed by atoms with Gasteiger partial charge < -0.3 is 10.2 Å². The minimum atomic E-state index is 0.743. The Hall–Kier alpha value is -0.900. The SMILES string of the molecule is CN1CCC(c2cccc(CN3CCNCC3)c2)C1. The van der Waals surface area contributed by atoms with E-state index in [1.807, 2.05) is 0 Å². The lowest BCUT2D eigenvalue weighted by Crippen LogP contribution is -2.42. The third-order valence-corrected chi connectivity index (χ3v) is 4.43. The lowest BCUT2D eigenvalue weighted by molar-refractivity contribution is 0.233. The second-order valence-corrected chi connectivity index (χ2v) is 6.02. The Kier molecular flexibility index (Phi) is 4.16. The van der Waals surface area contributed by atoms with E-state index in [1.165, 1.54) is 43.7 Å². The molecule has 1 N–H and O–H groups in total. The first-order valence-electron chi connectivity index (χ1n) is 7.52. The van der Waals surface area contributed by atoms with Crippen LogP contribution in [0.2, 0.25) is 0 Å². The predicted molar refractivity (Wildman–Crippen MR) is 79.4 cm³/mol. The molecule has 19 heavy (non-hydrogen) atoms. The second kappa shape index (κ2) is 6.04. The van der Waals surface area contributed by atoms with Crippen LogP contribution in [0.5, 0.6) is 0 Å². The molecule has 2 saturated heterocycles. The molecule has 3 nitrogen and oxygen atoms in total. The van der Waals surface area contributed by atoms with Crippen molar-refractivity contribution in [1.29, 1.82) is 0 Å². The zero-order valence-electron chi connectivity index (χ0n) is 11.9. The number of nitrogens with one attached hydrogen (secondary N) is 1. The Bertz CT molecular complexity index is 412. The molecule has 0 saturated carbocycles. The summed E-state index contributed by atoms with van der Waals surface area (Å²) in [5, 5.41) is 3.41. The lowest BCUT2D eigenvalue weighted by Gasteiger charge is -2.27. The maximum absolute atomic E-state index is 3.41. The van der Waals surface area contributed by atoms with Crippen LogP contribution < -0.4 is 5.32 Å². The molecule has 1 atom stereocenters. The molecule has 3 heteroatoms. The Morgan fingerprint density at radius 2 is 2.05 bits per heavy atom. The average molecular weight is 259 g/mol. The third kappa shape index (κ3) is 3.35. The van der Waals surface area contributed by atoms with Crippen molar-refractivity contribution in [3.05, 3.63) is 35.4 Å². The van der Waals surface area contributed by atoms with Gasteiger partial charge in [0.2, 0.25) is 0 Å². The van der Waals surface area contributed by atoms with Crippen LogP contribution in [-0.2, 0) is 6.54 Å². The summed E-state index contributed by atoms with van der Waals surface area (Å²) in [5.41, 5.74) is 3.02. The molecule has 2 aliphatic heterocycles. The van der Waals surface area contributed by atoms with Crippen LogP contribution in [0.3, 0.4) is 0 Å². The predicted octanol–water partition coefficient (Wildman–Crippen LogP) is 1.51. The number of hydrogen-bond donors (Lipinski definition) is 1. The molecular formula is C16H25N3. The minimum absolute atomic E-state index is 0.743. The van der Waals surface area contributed by atoms with Gasteiger partial charge in [0.05, 0.1) is 0 Å². The summed E-state index contributed by atoms with van der Waals surface area (Å²) >= 11 is 0. The topological polar surface area (TPSA) is 18.5 Å². The molecule has 2 fully saturated rings. The summed E-state index contributed by atoms with van der Waals surface area (Å²) < 4.78 is 0. The van der Waals surface area contributed by atoms with Gasteiger partial charge in [0, 0.05) is 39.3 Å². The number of benzene rings is 1. The van der Waals surface area contributed by atoms with E-state index in [1.54, 1.807) is 0 Å². The van der Waals surface area contributed by atoms with Crippen molar-refractivity contribution in [2.45, 2.75) is 18.9 Å². The van der Waals surface area contributed by atoms with Crippen molar-refractivity contribution in [3.8, 4) is 0 Å². The Morgan fingerprint density at radius 3 is 2.79 bits per heavy atom. The van der Waals surface area contributed by atoms with Crippen molar-refractivity contribution >= 4 is 0 Å². The quantitative estimate of drug-likeness (QED) is 0.888. The van der Waals surface area contributed by atoms with E-state index in [0.717, 1.165) is 25.6 Å². The molecule has 0 aliphatic carbocycles. The first-order valence-corrected chi connectivity index (χ1v) is 7.52. The number of rotatable bonds is 3. The standard InChI is InChI=1S/C16H25N3/c1-18-8-5-16(13-18)15-4-2-3-14(11-15)12-19-9-6-17-7-10-19/h2-4,11,16-17H,5-10,12-13H2,1H3. The van der Waals surface area contributed by atoms with Crippen LogP contribution in [0.15, 0.2) is 24.3 Å². The molecule has 0 amide bonds. The fourth-order valence-corrected chi connectivity index (χ4v) is 3.28. The van der Waals surface area contributed by atoms with Crippen molar-refractivity contribution in [2.24, 2.45) is 0 Å². The van der Waals surface area contributed by atoms with Gasteiger partial charge in [-0.15, -0.1) is 0 Å². The van der Waals surface area contributed by atoms with Gasteiger partial charge in [0.1, 0.15) is 0 Å². The second-order valence-electron chi connectivity index (χ2n) is 6.02. The van der Waals surface area contributed by atoms with Crippen molar-refractivity contribution in [3.63, 3.8) is 0 Å². The lowest BCUT2D eigenvalue weighted by atomic mass is 9.96. The maximum Gasteiger partial charge on any atom is 0.0234 e. The molecule has 2 aliphatic rings. The first-order chi connectivity index (χ1) is 9.31. The van der Waals surface area contributed by atoms with Crippen LogP contribution in [-0.4, -0.2) is 56.1 Å². The molecule has 104 valence electrons. The van der Waals surface area contributed by atoms with E-state index in [0.29, 0.717) is 0 Å². The van der Waals surface area contributed by atoms with Crippen LogP contribution in [0.1, 0.15) is 23.5 Å². The largest absolute Gasteiger partial charge is 0.314 e. The monoisotopic (exact) mass is 259 g/mol. The normalized spacial score (nSPS) is 25.8. The van der Waals surface area contributed by atoms with Gasteiger partial charge >= 0.3 is 0 Å². The Morgan fingerprint density at radius 1 is 1.21 bits per heavy atom. The van der Waals surface area contributed by atoms with E-state index in [-0.39, 0.29) is 0 Å². The highest BCUT2D eigenvalue weighted by atomic mass is 15.2. The van der Waals surface area contributed by atoms with E-state index in [4.69, 9.17) is 0 Å². The molecule has 1 aromatic rings. The summed E-state index contributed by atoms with van der Waals surface area (Å²) in [6, 6.07) is 9.27. The van der Waals surface area contributed by atoms with Crippen LogP contribution in [0.4, 0.5) is 0 Å². The highest BCUT2D eigenvalue weighted by molar-refractivity contribution is 5.27. The number of nitrogens with zero attached hydrogens (tertiary/aromatic N) is 2. The molecule has 1 aromatic carbocycles. The Labute approximate surface area is 116 Å². The number of likely N-dealkylation sites (tertiary alicyclic amines) is 1. The van der Waals surface area contributed by atoms with Gasteiger partial charge in [0.25, 0.3) is 0 Å². The van der Waals surface area contributed by atoms with E-state index >= 15 is 0 Å². The molecular weight excluding hydrogens is 234 g/mol. The maximum atomic E-state index is 3.41. The van der Waals surface area contributed by atoms with Crippen LogP contribution in [0.25, 0.3) is 0 Å². The van der Waals surface area contributed by atoms with E-state index in [9.17, 15) is 0 Å². The molecule has 0 bridgehead atoms. The van der Waals surface area contributed by atoms with Gasteiger partial charge in [-0.2, -0.15) is 0 Å². The summed E-state index contributed by atoms with van der Waals surface area (Å²) in [6.45, 7) is 8.19. The van der Waals surface area contributed by atoms with Crippen molar-refractivity contribution in [2.75, 3.05) is 46.3 Å². The Balaban J connectivity index is 1.65. The summed E-state index contributed by atoms with van der Waals surface area (Å²) in [6.07, 6.45) is 1.31. The minimum Gasteiger partial charge on any atom is -0.314 e. The summed E-state index contributed by atoms with van der Waals surface area (Å²) in [7, 11) is 2.23. The van der Waals surface area contributed by atoms with Gasteiger partial charge in [-0.3, -0.25) is 4.90 Å². The highest BCUT2D eigenvalue weighted by Crippen LogP contribution is 2.26. The van der Waals surface area contributed by atoms with Crippen LogP contribution >= 0.6 is 0 Å². The fourth-order valence-electron chi connectivity index (χ4n) is 3.28. The van der Waals surface area contributed by atoms with E-state index in [2.05, 4.69) is 46.4 Å². The van der Waals surface area contributed by atoms with Gasteiger partial charge in [-0.1, -0.05) is 24.3 Å². The molecule has 0 radical (unpaired) electrons. The van der Waals surface area contributed by atoms with Crippen molar-refractivity contribution < 1.29 is 0 Å². The number of piperazine rings is 1. The van der Waals surface area contributed by atoms with E-state index < -0.39 is 0 Å². The number of likely N-dealkylation sites (N-methyl/N-ethyl adjacent to an activating group) is 1. The zero-order valence-corrected chi connectivity index (χ0v) is 11.9. The molecule has 3 rings (SSSR count). The number of hydrogen-bond acceptors (Lipinski definition) is 3. The molecule has 2 heterocycles. The van der Waals surface area contributed by atoms with Gasteiger partial charge in [0.15, 0.2) is 0 Å². The molecule has 1 unspecified atom stereocenters.